The molecule has 0 saturated carbocycles. The van der Waals surface area contributed by atoms with Gasteiger partial charge in [-0.15, -0.1) is 11.3 Å². The first-order valence-electron chi connectivity index (χ1n) is 9.92. The molecule has 0 aliphatic carbocycles. The number of nitrogens with zero attached hydrogens (tertiary/aromatic N) is 1. The van der Waals surface area contributed by atoms with Gasteiger partial charge in [-0.3, -0.25) is 4.79 Å². The molecule has 0 unspecified atom stereocenters. The third-order valence-electron chi connectivity index (χ3n) is 5.72. The van der Waals surface area contributed by atoms with Crippen LogP contribution in [0.15, 0.2) is 48.5 Å². The van der Waals surface area contributed by atoms with Crippen molar-refractivity contribution in [2.75, 3.05) is 32.6 Å². The summed E-state index contributed by atoms with van der Waals surface area (Å²) in [6.07, 6.45) is 2.22. The van der Waals surface area contributed by atoms with Crippen LogP contribution >= 0.6 is 22.9 Å². The van der Waals surface area contributed by atoms with Crippen molar-refractivity contribution < 1.29 is 14.0 Å². The number of hydrogen-bond acceptors (Lipinski definition) is 3. The molecule has 1 aliphatic heterocycles. The molecule has 1 amide bonds. The molecular formula is C23H26ClN2O2S+. The number of quaternary nitrogens is 1. The van der Waals surface area contributed by atoms with E-state index in [2.05, 4.69) is 31.5 Å². The predicted octanol–water partition coefficient (Wildman–Crippen LogP) is 5.56. The van der Waals surface area contributed by atoms with E-state index >= 15 is 0 Å². The summed E-state index contributed by atoms with van der Waals surface area (Å²) >= 11 is 7.85. The molecule has 1 N–H and O–H groups in total. The molecule has 2 aromatic carbocycles. The van der Waals surface area contributed by atoms with Crippen LogP contribution in [0.25, 0.3) is 10.1 Å². The molecule has 0 atom stereocenters. The average Bonchev–Trinajstić information content (AvgIpc) is 3.07. The van der Waals surface area contributed by atoms with Gasteiger partial charge in [-0.05, 0) is 18.2 Å². The number of thiophene rings is 1. The summed E-state index contributed by atoms with van der Waals surface area (Å²) in [6.45, 7) is 2.68. The minimum absolute atomic E-state index is 0.165. The second kappa shape index (κ2) is 8.44. The molecule has 152 valence electrons. The van der Waals surface area contributed by atoms with Crippen LogP contribution in [0.4, 0.5) is 5.69 Å². The van der Waals surface area contributed by atoms with Crippen LogP contribution in [-0.2, 0) is 11.3 Å². The summed E-state index contributed by atoms with van der Waals surface area (Å²) < 4.78 is 7.47. The van der Waals surface area contributed by atoms with Crippen LogP contribution in [0.1, 0.15) is 28.1 Å². The number of benzene rings is 2. The summed E-state index contributed by atoms with van der Waals surface area (Å²) in [5, 5.41) is 4.43. The Morgan fingerprint density at radius 1 is 1.14 bits per heavy atom. The summed E-state index contributed by atoms with van der Waals surface area (Å²) in [6, 6.07) is 16.6. The van der Waals surface area contributed by atoms with Crippen LogP contribution in [0.3, 0.4) is 0 Å². The van der Waals surface area contributed by atoms with Crippen molar-refractivity contribution in [3.63, 3.8) is 0 Å². The summed E-state index contributed by atoms with van der Waals surface area (Å²) in [4.78, 5) is 13.3. The molecule has 4 rings (SSSR count). The first kappa shape index (κ1) is 20.4. The number of hydrogen-bond donors (Lipinski definition) is 1. The molecule has 1 fully saturated rings. The highest BCUT2D eigenvalue weighted by molar-refractivity contribution is 7.21. The maximum absolute atomic E-state index is 12.7. The number of ether oxygens (including phenoxy) is 1. The molecule has 0 spiro atoms. The number of halogens is 1. The minimum atomic E-state index is -0.165. The average molecular weight is 430 g/mol. The molecule has 4 nitrogen and oxygen atoms in total. The Bertz CT molecular complexity index is 1010. The van der Waals surface area contributed by atoms with Gasteiger partial charge in [0.05, 0.1) is 38.4 Å². The maximum atomic E-state index is 12.7. The third kappa shape index (κ3) is 4.48. The SMILES string of the molecule is C[N+](C)(Cc1ccc(NC(=O)c2sc3ccccc3c2Cl)cc1)C1CCOCC1. The third-order valence-corrected chi connectivity index (χ3v) is 7.40. The largest absolute Gasteiger partial charge is 0.381 e. The van der Waals surface area contributed by atoms with Crippen molar-refractivity contribution in [2.24, 2.45) is 0 Å². The second-order valence-corrected chi connectivity index (χ2v) is 9.60. The zero-order chi connectivity index (χ0) is 20.4. The van der Waals surface area contributed by atoms with Gasteiger partial charge in [0.15, 0.2) is 0 Å². The van der Waals surface area contributed by atoms with E-state index in [1.807, 2.05) is 36.4 Å². The van der Waals surface area contributed by atoms with E-state index in [1.54, 1.807) is 0 Å². The highest BCUT2D eigenvalue weighted by atomic mass is 35.5. The maximum Gasteiger partial charge on any atom is 0.267 e. The minimum Gasteiger partial charge on any atom is -0.381 e. The molecule has 3 aromatic rings. The molecule has 1 aliphatic rings. The standard InChI is InChI=1S/C23H25ClN2O2S/c1-26(2,18-11-13-28-14-12-18)15-16-7-9-17(10-8-16)25-23(27)22-21(24)19-5-3-4-6-20(19)29-22/h3-10,18H,11-15H2,1-2H3/p+1. The Hall–Kier alpha value is -1.92. The summed E-state index contributed by atoms with van der Waals surface area (Å²) in [7, 11) is 4.57. The molecule has 0 bridgehead atoms. The van der Waals surface area contributed by atoms with Crippen LogP contribution in [0.2, 0.25) is 5.02 Å². The van der Waals surface area contributed by atoms with Gasteiger partial charge >= 0.3 is 0 Å². The number of anilines is 1. The van der Waals surface area contributed by atoms with Crippen molar-refractivity contribution in [2.45, 2.75) is 25.4 Å². The van der Waals surface area contributed by atoms with Gasteiger partial charge < -0.3 is 14.5 Å². The lowest BCUT2D eigenvalue weighted by Crippen LogP contribution is -2.50. The van der Waals surface area contributed by atoms with Crippen LogP contribution in [-0.4, -0.2) is 43.7 Å². The van der Waals surface area contributed by atoms with Gasteiger partial charge in [0.25, 0.3) is 5.91 Å². The Kier molecular flexibility index (Phi) is 5.93. The van der Waals surface area contributed by atoms with E-state index in [0.29, 0.717) is 15.9 Å². The summed E-state index contributed by atoms with van der Waals surface area (Å²) in [5.41, 5.74) is 2.04. The fourth-order valence-electron chi connectivity index (χ4n) is 4.03. The number of nitrogens with one attached hydrogen (secondary N) is 1. The molecule has 1 aromatic heterocycles. The number of amides is 1. The molecular weight excluding hydrogens is 404 g/mol. The Labute approximate surface area is 180 Å². The zero-order valence-electron chi connectivity index (χ0n) is 16.8. The van der Waals surface area contributed by atoms with E-state index in [4.69, 9.17) is 16.3 Å². The molecule has 6 heteroatoms. The lowest BCUT2D eigenvalue weighted by atomic mass is 10.0. The quantitative estimate of drug-likeness (QED) is 0.539. The molecule has 29 heavy (non-hydrogen) atoms. The Balaban J connectivity index is 1.43. The van der Waals surface area contributed by atoms with E-state index in [-0.39, 0.29) is 5.91 Å². The van der Waals surface area contributed by atoms with Gasteiger partial charge in [0, 0.05) is 34.2 Å². The number of fused-ring (bicyclic) bond motifs is 1. The second-order valence-electron chi connectivity index (χ2n) is 8.17. The van der Waals surface area contributed by atoms with Crippen LogP contribution < -0.4 is 5.32 Å². The Morgan fingerprint density at radius 2 is 1.83 bits per heavy atom. The smallest absolute Gasteiger partial charge is 0.267 e. The van der Waals surface area contributed by atoms with Crippen molar-refractivity contribution in [1.29, 1.82) is 0 Å². The van der Waals surface area contributed by atoms with Gasteiger partial charge in [0.2, 0.25) is 0 Å². The Morgan fingerprint density at radius 3 is 2.52 bits per heavy atom. The molecule has 1 saturated heterocycles. The topological polar surface area (TPSA) is 38.3 Å². The van der Waals surface area contributed by atoms with E-state index < -0.39 is 0 Å². The van der Waals surface area contributed by atoms with Crippen molar-refractivity contribution in [3.8, 4) is 0 Å². The van der Waals surface area contributed by atoms with Gasteiger partial charge in [-0.25, -0.2) is 0 Å². The molecule has 2 heterocycles. The predicted molar refractivity (Wildman–Crippen MR) is 121 cm³/mol. The van der Waals surface area contributed by atoms with Crippen LogP contribution in [0, 0.1) is 0 Å². The highest BCUT2D eigenvalue weighted by Crippen LogP contribution is 2.35. The normalized spacial score (nSPS) is 15.6. The fourth-order valence-corrected chi connectivity index (χ4v) is 5.44. The summed E-state index contributed by atoms with van der Waals surface area (Å²) in [5.74, 6) is -0.165. The number of carbonyl (C=O) groups is 1. The van der Waals surface area contributed by atoms with Crippen molar-refractivity contribution >= 4 is 44.6 Å². The van der Waals surface area contributed by atoms with Crippen molar-refractivity contribution in [3.05, 3.63) is 64.0 Å². The highest BCUT2D eigenvalue weighted by Gasteiger charge is 2.30. The molecule has 0 radical (unpaired) electrons. The van der Waals surface area contributed by atoms with Crippen LogP contribution in [0.5, 0.6) is 0 Å². The van der Waals surface area contributed by atoms with Gasteiger partial charge in [0.1, 0.15) is 11.4 Å². The monoisotopic (exact) mass is 429 g/mol. The van der Waals surface area contributed by atoms with E-state index in [1.165, 1.54) is 16.9 Å². The van der Waals surface area contributed by atoms with Gasteiger partial charge in [-0.2, -0.15) is 0 Å². The number of rotatable bonds is 5. The number of carbonyl (C=O) groups excluding carboxylic acids is 1. The van der Waals surface area contributed by atoms with E-state index in [9.17, 15) is 4.79 Å². The van der Waals surface area contributed by atoms with Crippen molar-refractivity contribution in [1.82, 2.24) is 0 Å². The first-order chi connectivity index (χ1) is 13.9. The lowest BCUT2D eigenvalue weighted by Gasteiger charge is -2.40. The zero-order valence-corrected chi connectivity index (χ0v) is 18.4. The fraction of sp³-hybridized carbons (Fsp3) is 0.348. The van der Waals surface area contributed by atoms with E-state index in [0.717, 1.165) is 52.9 Å². The van der Waals surface area contributed by atoms with Gasteiger partial charge in [-0.1, -0.05) is 41.9 Å². The first-order valence-corrected chi connectivity index (χ1v) is 11.1. The lowest BCUT2D eigenvalue weighted by molar-refractivity contribution is -0.929.